The normalized spacial score (nSPS) is 12.1. The summed E-state index contributed by atoms with van der Waals surface area (Å²) in [6.45, 7) is 8.74. The molecule has 0 saturated carbocycles. The van der Waals surface area contributed by atoms with Crippen LogP contribution >= 0.6 is 0 Å². The third-order valence-corrected chi connectivity index (χ3v) is 7.04. The van der Waals surface area contributed by atoms with Crippen molar-refractivity contribution < 1.29 is 18.0 Å². The minimum absolute atomic E-state index is 0.150. The van der Waals surface area contributed by atoms with Gasteiger partial charge in [-0.1, -0.05) is 43.3 Å². The van der Waals surface area contributed by atoms with Crippen LogP contribution in [-0.2, 0) is 26.0 Å². The third kappa shape index (κ3) is 9.02. The first kappa shape index (κ1) is 28.4. The van der Waals surface area contributed by atoms with Gasteiger partial charge in [-0.05, 0) is 68.9 Å². The van der Waals surface area contributed by atoms with Crippen molar-refractivity contribution in [1.82, 2.24) is 10.2 Å². The maximum absolute atomic E-state index is 13.2. The minimum Gasteiger partial charge on any atom is -0.354 e. The smallest absolute Gasteiger partial charge is 0.242 e. The van der Waals surface area contributed by atoms with Crippen LogP contribution in [0.15, 0.2) is 48.5 Å². The van der Waals surface area contributed by atoms with E-state index >= 15 is 0 Å². The van der Waals surface area contributed by atoms with Crippen molar-refractivity contribution in [3.63, 3.8) is 0 Å². The molecular formula is C27H39N3O4S. The zero-order valence-corrected chi connectivity index (χ0v) is 22.4. The van der Waals surface area contributed by atoms with Crippen LogP contribution in [-0.4, -0.2) is 57.1 Å². The Morgan fingerprint density at radius 1 is 1.00 bits per heavy atom. The molecule has 35 heavy (non-hydrogen) atoms. The van der Waals surface area contributed by atoms with Gasteiger partial charge < -0.3 is 10.2 Å². The fraction of sp³-hybridized carbons (Fsp3) is 0.481. The number of anilines is 1. The molecule has 0 fully saturated rings. The molecule has 1 atom stereocenters. The van der Waals surface area contributed by atoms with Gasteiger partial charge in [0.15, 0.2) is 0 Å². The Hall–Kier alpha value is -2.87. The molecule has 2 rings (SSSR count). The highest BCUT2D eigenvalue weighted by molar-refractivity contribution is 7.92. The fourth-order valence-electron chi connectivity index (χ4n) is 4.06. The van der Waals surface area contributed by atoms with Crippen LogP contribution in [0, 0.1) is 13.8 Å². The van der Waals surface area contributed by atoms with E-state index in [1.807, 2.05) is 69.3 Å². The van der Waals surface area contributed by atoms with Gasteiger partial charge in [0.25, 0.3) is 0 Å². The molecular weight excluding hydrogens is 462 g/mol. The van der Waals surface area contributed by atoms with Crippen LogP contribution in [0.4, 0.5) is 5.69 Å². The number of benzene rings is 2. The summed E-state index contributed by atoms with van der Waals surface area (Å²) in [6.07, 6.45) is 3.13. The molecule has 0 aromatic heterocycles. The molecule has 8 heteroatoms. The summed E-state index contributed by atoms with van der Waals surface area (Å²) in [6, 6.07) is 14.9. The summed E-state index contributed by atoms with van der Waals surface area (Å²) in [5.41, 5.74) is 3.64. The number of carbonyl (C=O) groups excluding carboxylic acids is 2. The Balaban J connectivity index is 2.12. The van der Waals surface area contributed by atoms with Crippen molar-refractivity contribution >= 4 is 27.5 Å². The van der Waals surface area contributed by atoms with Gasteiger partial charge >= 0.3 is 0 Å². The zero-order chi connectivity index (χ0) is 26.0. The van der Waals surface area contributed by atoms with Crippen molar-refractivity contribution in [2.75, 3.05) is 30.2 Å². The fourth-order valence-corrected chi connectivity index (χ4v) is 5.01. The lowest BCUT2D eigenvalue weighted by atomic mass is 10.1. The molecule has 2 aromatic carbocycles. The maximum Gasteiger partial charge on any atom is 0.242 e. The number of nitrogens with zero attached hydrogens (tertiary/aromatic N) is 2. The van der Waals surface area contributed by atoms with Gasteiger partial charge in [0.1, 0.15) is 6.04 Å². The molecule has 2 amide bonds. The van der Waals surface area contributed by atoms with E-state index in [-0.39, 0.29) is 24.8 Å². The molecule has 1 N–H and O–H groups in total. The first-order valence-corrected chi connectivity index (χ1v) is 14.0. The van der Waals surface area contributed by atoms with Gasteiger partial charge in [-0.25, -0.2) is 8.42 Å². The Labute approximate surface area is 210 Å². The molecule has 7 nitrogen and oxygen atoms in total. The molecule has 0 aliphatic heterocycles. The van der Waals surface area contributed by atoms with Crippen LogP contribution in [0.1, 0.15) is 49.8 Å². The largest absolute Gasteiger partial charge is 0.354 e. The predicted molar refractivity (Wildman–Crippen MR) is 142 cm³/mol. The van der Waals surface area contributed by atoms with E-state index in [0.717, 1.165) is 23.1 Å². The highest BCUT2D eigenvalue weighted by Crippen LogP contribution is 2.22. The Morgan fingerprint density at radius 3 is 2.20 bits per heavy atom. The highest BCUT2D eigenvalue weighted by Gasteiger charge is 2.26. The van der Waals surface area contributed by atoms with Crippen LogP contribution < -0.4 is 9.62 Å². The second-order valence-electron chi connectivity index (χ2n) is 9.07. The number of hydrogen-bond acceptors (Lipinski definition) is 4. The van der Waals surface area contributed by atoms with Crippen molar-refractivity contribution in [3.8, 4) is 0 Å². The number of sulfonamides is 1. The van der Waals surface area contributed by atoms with Gasteiger partial charge in [-0.15, -0.1) is 0 Å². The van der Waals surface area contributed by atoms with E-state index in [4.69, 9.17) is 0 Å². The highest BCUT2D eigenvalue weighted by atomic mass is 32.2. The molecule has 0 aliphatic rings. The number of amides is 2. The van der Waals surface area contributed by atoms with Gasteiger partial charge in [0.2, 0.25) is 21.8 Å². The summed E-state index contributed by atoms with van der Waals surface area (Å²) in [7, 11) is -3.51. The van der Waals surface area contributed by atoms with E-state index in [9.17, 15) is 18.0 Å². The molecule has 192 valence electrons. The van der Waals surface area contributed by atoms with E-state index < -0.39 is 16.1 Å². The van der Waals surface area contributed by atoms with Gasteiger partial charge in [-0.2, -0.15) is 0 Å². The Morgan fingerprint density at radius 2 is 1.63 bits per heavy atom. The lowest BCUT2D eigenvalue weighted by Crippen LogP contribution is -2.49. The van der Waals surface area contributed by atoms with Crippen LogP contribution in [0.25, 0.3) is 0 Å². The number of rotatable bonds is 13. The minimum atomic E-state index is -3.51. The van der Waals surface area contributed by atoms with E-state index in [1.165, 1.54) is 10.6 Å². The van der Waals surface area contributed by atoms with Crippen molar-refractivity contribution in [2.45, 2.75) is 59.4 Å². The number of nitrogens with one attached hydrogen (secondary N) is 1. The summed E-state index contributed by atoms with van der Waals surface area (Å²) in [4.78, 5) is 27.5. The molecule has 0 radical (unpaired) electrons. The lowest BCUT2D eigenvalue weighted by Gasteiger charge is -2.29. The van der Waals surface area contributed by atoms with Crippen LogP contribution in [0.3, 0.4) is 0 Å². The quantitative estimate of drug-likeness (QED) is 0.452. The zero-order valence-electron chi connectivity index (χ0n) is 21.6. The van der Waals surface area contributed by atoms with Gasteiger partial charge in [0.05, 0.1) is 11.9 Å². The van der Waals surface area contributed by atoms with E-state index in [1.54, 1.807) is 11.8 Å². The lowest BCUT2D eigenvalue weighted by molar-refractivity contribution is -0.139. The molecule has 0 saturated heterocycles. The first-order valence-electron chi connectivity index (χ1n) is 12.2. The topological polar surface area (TPSA) is 86.8 Å². The molecule has 0 spiro atoms. The van der Waals surface area contributed by atoms with Crippen molar-refractivity contribution in [2.24, 2.45) is 0 Å². The Bertz CT molecular complexity index is 1070. The monoisotopic (exact) mass is 501 g/mol. The molecule has 0 bridgehead atoms. The van der Waals surface area contributed by atoms with Crippen LogP contribution in [0.2, 0.25) is 0 Å². The predicted octanol–water partition coefficient (Wildman–Crippen LogP) is 3.84. The average Bonchev–Trinajstić information content (AvgIpc) is 2.79. The van der Waals surface area contributed by atoms with E-state index in [0.29, 0.717) is 31.6 Å². The van der Waals surface area contributed by atoms with Gasteiger partial charge in [-0.3, -0.25) is 13.9 Å². The third-order valence-electron chi connectivity index (χ3n) is 5.85. The summed E-state index contributed by atoms with van der Waals surface area (Å²) < 4.78 is 26.4. The maximum atomic E-state index is 13.2. The summed E-state index contributed by atoms with van der Waals surface area (Å²) in [5, 5.41) is 2.87. The molecule has 0 heterocycles. The van der Waals surface area contributed by atoms with Crippen LogP contribution in [0.5, 0.6) is 0 Å². The first-order chi connectivity index (χ1) is 16.5. The summed E-state index contributed by atoms with van der Waals surface area (Å²) >= 11 is 0. The standard InChI is InChI=1S/C27H39N3O4S/c1-6-15-28-27(32)23(4)29(17-14-24-11-8-7-9-12-24)26(31)13-10-16-30(35(5,33)34)25-19-21(2)18-22(3)20-25/h7-9,11-12,18-20,23H,6,10,13-17H2,1-5H3,(H,28,32). The SMILES string of the molecule is CCCNC(=O)C(C)N(CCc1ccccc1)C(=O)CCCN(c1cc(C)cc(C)c1)S(C)(=O)=O. The second kappa shape index (κ2) is 13.3. The molecule has 2 aromatic rings. The average molecular weight is 502 g/mol. The number of hydrogen-bond donors (Lipinski definition) is 1. The molecule has 0 aliphatic carbocycles. The second-order valence-corrected chi connectivity index (χ2v) is 11.0. The summed E-state index contributed by atoms with van der Waals surface area (Å²) in [5.74, 6) is -0.338. The number of aryl methyl sites for hydroxylation is 2. The number of carbonyl (C=O) groups is 2. The Kier molecular flexibility index (Phi) is 10.8. The van der Waals surface area contributed by atoms with Gasteiger partial charge in [0, 0.05) is 26.1 Å². The molecule has 1 unspecified atom stereocenters. The van der Waals surface area contributed by atoms with Crippen molar-refractivity contribution in [3.05, 3.63) is 65.2 Å². The van der Waals surface area contributed by atoms with Crippen molar-refractivity contribution in [1.29, 1.82) is 0 Å². The van der Waals surface area contributed by atoms with E-state index in [2.05, 4.69) is 5.32 Å².